The minimum atomic E-state index is -0.588. The maximum Gasteiger partial charge on any atom is 0.410 e. The van der Waals surface area contributed by atoms with Crippen LogP contribution < -0.4 is 5.32 Å². The number of ether oxygens (including phenoxy) is 1. The number of carbonyl (C=O) groups excluding carboxylic acids is 4. The summed E-state index contributed by atoms with van der Waals surface area (Å²) in [4.78, 5) is 53.8. The number of piperidine rings is 1. The van der Waals surface area contributed by atoms with Gasteiger partial charge in [-0.1, -0.05) is 6.08 Å². The first kappa shape index (κ1) is 20.6. The molecule has 0 radical (unpaired) electrons. The molecule has 1 unspecified atom stereocenters. The van der Waals surface area contributed by atoms with E-state index in [4.69, 9.17) is 4.74 Å². The Morgan fingerprint density at radius 3 is 2.60 bits per heavy atom. The average molecular weight is 432 g/mol. The SMILES string of the molecule is CC(C)(C)OC(=O)N1CC=C(c2cc3c(s2)CN(C2CCC(=O)NC2=O)C3=O)CC1. The standard InChI is InChI=1S/C21H25N3O5S/c1-21(2,3)29-20(28)23-8-6-12(7-9-23)15-10-13-16(30-15)11-24(19(13)27)14-4-5-17(25)22-18(14)26/h6,10,14H,4-5,7-9,11H2,1-3H3,(H,22,25,26). The third-order valence-electron chi connectivity index (χ3n) is 5.38. The summed E-state index contributed by atoms with van der Waals surface area (Å²) in [7, 11) is 0. The second-order valence-corrected chi connectivity index (χ2v) is 9.89. The van der Waals surface area contributed by atoms with Crippen LogP contribution in [-0.4, -0.2) is 58.3 Å². The van der Waals surface area contributed by atoms with E-state index in [1.165, 1.54) is 0 Å². The van der Waals surface area contributed by atoms with Gasteiger partial charge in [0.15, 0.2) is 0 Å². The summed E-state index contributed by atoms with van der Waals surface area (Å²) in [6.07, 6.45) is 3.01. The van der Waals surface area contributed by atoms with Gasteiger partial charge in [-0.25, -0.2) is 4.79 Å². The van der Waals surface area contributed by atoms with Gasteiger partial charge in [0.1, 0.15) is 11.6 Å². The first-order valence-electron chi connectivity index (χ1n) is 10.1. The van der Waals surface area contributed by atoms with Crippen LogP contribution >= 0.6 is 11.3 Å². The second-order valence-electron chi connectivity index (χ2n) is 8.75. The van der Waals surface area contributed by atoms with Crippen molar-refractivity contribution in [2.45, 2.75) is 58.2 Å². The van der Waals surface area contributed by atoms with Crippen LogP contribution in [0.25, 0.3) is 5.57 Å². The summed E-state index contributed by atoms with van der Waals surface area (Å²) >= 11 is 1.56. The number of imide groups is 1. The predicted octanol–water partition coefficient (Wildman–Crippen LogP) is 2.53. The molecule has 1 atom stereocenters. The maximum atomic E-state index is 12.9. The van der Waals surface area contributed by atoms with Crippen molar-refractivity contribution in [1.29, 1.82) is 0 Å². The zero-order valence-corrected chi connectivity index (χ0v) is 18.1. The zero-order chi connectivity index (χ0) is 21.6. The Bertz CT molecular complexity index is 958. The highest BCUT2D eigenvalue weighted by Crippen LogP contribution is 2.38. The average Bonchev–Trinajstić information content (AvgIpc) is 3.20. The van der Waals surface area contributed by atoms with Gasteiger partial charge in [0.2, 0.25) is 11.8 Å². The highest BCUT2D eigenvalue weighted by molar-refractivity contribution is 7.13. The molecule has 4 heterocycles. The third-order valence-corrected chi connectivity index (χ3v) is 6.57. The van der Waals surface area contributed by atoms with E-state index in [1.807, 2.05) is 32.9 Å². The van der Waals surface area contributed by atoms with Gasteiger partial charge in [0.05, 0.1) is 12.1 Å². The number of nitrogens with one attached hydrogen (secondary N) is 1. The molecule has 160 valence electrons. The van der Waals surface area contributed by atoms with E-state index in [-0.39, 0.29) is 24.3 Å². The van der Waals surface area contributed by atoms with Gasteiger partial charge in [-0.15, -0.1) is 11.3 Å². The van der Waals surface area contributed by atoms with Gasteiger partial charge in [-0.2, -0.15) is 0 Å². The quantitative estimate of drug-likeness (QED) is 0.726. The van der Waals surface area contributed by atoms with Crippen molar-refractivity contribution in [1.82, 2.24) is 15.1 Å². The van der Waals surface area contributed by atoms with Gasteiger partial charge < -0.3 is 14.5 Å². The molecular formula is C21H25N3O5S. The van der Waals surface area contributed by atoms with E-state index in [1.54, 1.807) is 21.1 Å². The smallest absolute Gasteiger partial charge is 0.410 e. The lowest BCUT2D eigenvalue weighted by atomic mass is 10.0. The van der Waals surface area contributed by atoms with Gasteiger partial charge in [0.25, 0.3) is 5.91 Å². The molecule has 1 N–H and O–H groups in total. The number of hydrogen-bond acceptors (Lipinski definition) is 6. The number of fused-ring (bicyclic) bond motifs is 1. The molecule has 4 rings (SSSR count). The van der Waals surface area contributed by atoms with Gasteiger partial charge in [-0.3, -0.25) is 19.7 Å². The Morgan fingerprint density at radius 2 is 2.00 bits per heavy atom. The van der Waals surface area contributed by atoms with Crippen molar-refractivity contribution in [2.24, 2.45) is 0 Å². The molecule has 1 aromatic rings. The summed E-state index contributed by atoms with van der Waals surface area (Å²) in [6, 6.07) is 1.30. The summed E-state index contributed by atoms with van der Waals surface area (Å²) in [5, 5.41) is 2.32. The van der Waals surface area contributed by atoms with Crippen LogP contribution in [0.15, 0.2) is 12.1 Å². The molecule has 30 heavy (non-hydrogen) atoms. The van der Waals surface area contributed by atoms with Crippen LogP contribution in [0.5, 0.6) is 0 Å². The van der Waals surface area contributed by atoms with Crippen LogP contribution in [0.4, 0.5) is 4.79 Å². The molecular weight excluding hydrogens is 406 g/mol. The van der Waals surface area contributed by atoms with Crippen LogP contribution in [0.3, 0.4) is 0 Å². The van der Waals surface area contributed by atoms with E-state index in [0.717, 1.165) is 15.3 Å². The minimum Gasteiger partial charge on any atom is -0.444 e. The first-order valence-corrected chi connectivity index (χ1v) is 10.9. The van der Waals surface area contributed by atoms with Gasteiger partial charge >= 0.3 is 6.09 Å². The zero-order valence-electron chi connectivity index (χ0n) is 17.3. The van der Waals surface area contributed by atoms with E-state index >= 15 is 0 Å². The van der Waals surface area contributed by atoms with Crippen molar-refractivity contribution in [2.75, 3.05) is 13.1 Å². The fourth-order valence-electron chi connectivity index (χ4n) is 3.88. The van der Waals surface area contributed by atoms with E-state index in [0.29, 0.717) is 38.0 Å². The highest BCUT2D eigenvalue weighted by Gasteiger charge is 2.40. The fraction of sp³-hybridized carbons (Fsp3) is 0.524. The molecule has 9 heteroatoms. The molecule has 8 nitrogen and oxygen atoms in total. The van der Waals surface area contributed by atoms with Crippen LogP contribution in [-0.2, 0) is 20.9 Å². The Labute approximate surface area is 178 Å². The predicted molar refractivity (Wildman–Crippen MR) is 111 cm³/mol. The van der Waals surface area contributed by atoms with E-state index in [9.17, 15) is 19.2 Å². The molecule has 0 saturated carbocycles. The summed E-state index contributed by atoms with van der Waals surface area (Å²) < 4.78 is 5.42. The number of rotatable bonds is 2. The Kier molecular flexibility index (Phi) is 5.17. The molecule has 4 amide bonds. The summed E-state index contributed by atoms with van der Waals surface area (Å²) in [5.74, 6) is -0.842. The molecule has 0 aromatic carbocycles. The van der Waals surface area contributed by atoms with Crippen molar-refractivity contribution < 1.29 is 23.9 Å². The summed E-state index contributed by atoms with van der Waals surface area (Å²) in [5.41, 5.74) is 1.23. The highest BCUT2D eigenvalue weighted by atomic mass is 32.1. The van der Waals surface area contributed by atoms with Crippen LogP contribution in [0.1, 0.15) is 60.1 Å². The van der Waals surface area contributed by atoms with Crippen molar-refractivity contribution in [3.8, 4) is 0 Å². The monoisotopic (exact) mass is 431 g/mol. The lowest BCUT2D eigenvalue weighted by molar-refractivity contribution is -0.136. The number of thiophene rings is 1. The maximum absolute atomic E-state index is 12.9. The fourth-order valence-corrected chi connectivity index (χ4v) is 5.10. The molecule has 1 aromatic heterocycles. The number of amides is 4. The van der Waals surface area contributed by atoms with Crippen molar-refractivity contribution in [3.05, 3.63) is 27.5 Å². The molecule has 0 bridgehead atoms. The Balaban J connectivity index is 1.43. The van der Waals surface area contributed by atoms with E-state index in [2.05, 4.69) is 5.32 Å². The van der Waals surface area contributed by atoms with Crippen molar-refractivity contribution in [3.63, 3.8) is 0 Å². The molecule has 3 aliphatic rings. The topological polar surface area (TPSA) is 96.0 Å². The van der Waals surface area contributed by atoms with Gasteiger partial charge in [-0.05, 0) is 45.3 Å². The Hall–Kier alpha value is -2.68. The lowest BCUT2D eigenvalue weighted by Gasteiger charge is -2.30. The first-order chi connectivity index (χ1) is 14.1. The molecule has 1 saturated heterocycles. The minimum absolute atomic E-state index is 0.159. The largest absolute Gasteiger partial charge is 0.444 e. The molecule has 1 fully saturated rings. The lowest BCUT2D eigenvalue weighted by Crippen LogP contribution is -2.52. The molecule has 3 aliphatic heterocycles. The van der Waals surface area contributed by atoms with Crippen LogP contribution in [0.2, 0.25) is 0 Å². The normalized spacial score (nSPS) is 22.0. The number of hydrogen-bond donors (Lipinski definition) is 1. The van der Waals surface area contributed by atoms with Crippen LogP contribution in [0, 0.1) is 0 Å². The molecule has 0 aliphatic carbocycles. The molecule has 0 spiro atoms. The summed E-state index contributed by atoms with van der Waals surface area (Å²) in [6.45, 7) is 6.97. The third kappa shape index (κ3) is 3.98. The van der Waals surface area contributed by atoms with Gasteiger partial charge in [0, 0.05) is 29.3 Å². The van der Waals surface area contributed by atoms with Crippen molar-refractivity contribution >= 4 is 40.7 Å². The number of carbonyl (C=O) groups is 4. The van der Waals surface area contributed by atoms with E-state index < -0.39 is 17.6 Å². The second kappa shape index (κ2) is 7.54. The Morgan fingerprint density at radius 1 is 1.23 bits per heavy atom. The number of nitrogens with zero attached hydrogens (tertiary/aromatic N) is 2.